The molecule has 0 atom stereocenters. The van der Waals surface area contributed by atoms with Gasteiger partial charge < -0.3 is 14.8 Å². The van der Waals surface area contributed by atoms with Crippen LogP contribution in [0, 0.1) is 13.8 Å². The molecule has 0 heterocycles. The number of nitrogens with zero attached hydrogens (tertiary/aromatic N) is 1. The van der Waals surface area contributed by atoms with Crippen LogP contribution in [0.3, 0.4) is 0 Å². The SMILES string of the molecule is COc1cc(C(=O)Nc2cc(C)ccc2C)c(N(Cc2ccc(Cl)cc2)S(C)(=O)=O)cc1OC. The van der Waals surface area contributed by atoms with Crippen molar-refractivity contribution in [1.82, 2.24) is 0 Å². The van der Waals surface area contributed by atoms with E-state index >= 15 is 0 Å². The molecule has 3 aromatic carbocycles. The van der Waals surface area contributed by atoms with E-state index < -0.39 is 15.9 Å². The topological polar surface area (TPSA) is 84.9 Å². The predicted molar refractivity (Wildman–Crippen MR) is 136 cm³/mol. The summed E-state index contributed by atoms with van der Waals surface area (Å²) < 4.78 is 37.7. The first-order valence-corrected chi connectivity index (χ1v) is 12.6. The Morgan fingerprint density at radius 2 is 1.59 bits per heavy atom. The number of rotatable bonds is 8. The molecule has 0 fully saturated rings. The summed E-state index contributed by atoms with van der Waals surface area (Å²) in [5, 5.41) is 3.44. The minimum atomic E-state index is -3.79. The zero-order chi connectivity index (χ0) is 25.0. The first kappa shape index (κ1) is 25.4. The van der Waals surface area contributed by atoms with Crippen LogP contribution < -0.4 is 19.1 Å². The summed E-state index contributed by atoms with van der Waals surface area (Å²) in [5.41, 5.74) is 3.48. The number of ether oxygens (including phenoxy) is 2. The molecule has 3 aromatic rings. The van der Waals surface area contributed by atoms with Crippen LogP contribution in [0.15, 0.2) is 54.6 Å². The molecule has 3 rings (SSSR count). The van der Waals surface area contributed by atoms with Crippen molar-refractivity contribution in [2.75, 3.05) is 30.1 Å². The van der Waals surface area contributed by atoms with Crippen molar-refractivity contribution in [2.24, 2.45) is 0 Å². The summed E-state index contributed by atoms with van der Waals surface area (Å²) in [6.07, 6.45) is 1.09. The summed E-state index contributed by atoms with van der Waals surface area (Å²) in [6, 6.07) is 15.5. The lowest BCUT2D eigenvalue weighted by molar-refractivity contribution is 0.102. The van der Waals surface area contributed by atoms with Gasteiger partial charge in [0.25, 0.3) is 5.91 Å². The van der Waals surface area contributed by atoms with Crippen molar-refractivity contribution >= 4 is 38.9 Å². The first-order chi connectivity index (χ1) is 16.0. The van der Waals surface area contributed by atoms with E-state index in [4.69, 9.17) is 21.1 Å². The maximum Gasteiger partial charge on any atom is 0.257 e. The average Bonchev–Trinajstić information content (AvgIpc) is 2.79. The second-order valence-electron chi connectivity index (χ2n) is 7.89. The fraction of sp³-hybridized carbons (Fsp3) is 0.240. The minimum Gasteiger partial charge on any atom is -0.493 e. The predicted octanol–water partition coefficient (Wildman–Crippen LogP) is 5.19. The quantitative estimate of drug-likeness (QED) is 0.458. The maximum atomic E-state index is 13.4. The third kappa shape index (κ3) is 5.81. The second kappa shape index (κ2) is 10.4. The summed E-state index contributed by atoms with van der Waals surface area (Å²) in [4.78, 5) is 13.4. The smallest absolute Gasteiger partial charge is 0.257 e. The minimum absolute atomic E-state index is 0.00472. The zero-order valence-electron chi connectivity index (χ0n) is 19.7. The summed E-state index contributed by atoms with van der Waals surface area (Å²) in [7, 11) is -0.894. The van der Waals surface area contributed by atoms with Crippen molar-refractivity contribution in [3.63, 3.8) is 0 Å². The Balaban J connectivity index is 2.15. The lowest BCUT2D eigenvalue weighted by atomic mass is 10.1. The Bertz CT molecular complexity index is 1310. The molecular formula is C25H27ClN2O5S. The normalized spacial score (nSPS) is 11.1. The zero-order valence-corrected chi connectivity index (χ0v) is 21.3. The van der Waals surface area contributed by atoms with Crippen LogP contribution in [0.5, 0.6) is 11.5 Å². The molecule has 0 bridgehead atoms. The second-order valence-corrected chi connectivity index (χ2v) is 10.2. The van der Waals surface area contributed by atoms with Gasteiger partial charge in [0, 0.05) is 16.8 Å². The molecule has 0 aliphatic rings. The van der Waals surface area contributed by atoms with Gasteiger partial charge in [-0.05, 0) is 54.8 Å². The number of anilines is 2. The van der Waals surface area contributed by atoms with Crippen molar-refractivity contribution in [3.05, 3.63) is 81.9 Å². The monoisotopic (exact) mass is 502 g/mol. The summed E-state index contributed by atoms with van der Waals surface area (Å²) in [6.45, 7) is 3.80. The molecule has 9 heteroatoms. The molecule has 0 aromatic heterocycles. The number of nitrogens with one attached hydrogen (secondary N) is 1. The lowest BCUT2D eigenvalue weighted by Gasteiger charge is -2.26. The summed E-state index contributed by atoms with van der Waals surface area (Å²) in [5.74, 6) is 0.122. The van der Waals surface area contributed by atoms with Crippen LogP contribution in [0.2, 0.25) is 5.02 Å². The van der Waals surface area contributed by atoms with E-state index in [9.17, 15) is 13.2 Å². The van der Waals surface area contributed by atoms with Crippen LogP contribution in [-0.4, -0.2) is 34.8 Å². The van der Waals surface area contributed by atoms with E-state index in [1.807, 2.05) is 32.0 Å². The molecular weight excluding hydrogens is 476 g/mol. The first-order valence-electron chi connectivity index (χ1n) is 10.4. The molecule has 1 amide bonds. The largest absolute Gasteiger partial charge is 0.493 e. The van der Waals surface area contributed by atoms with Gasteiger partial charge in [-0.15, -0.1) is 0 Å². The van der Waals surface area contributed by atoms with Crippen LogP contribution in [0.25, 0.3) is 0 Å². The molecule has 180 valence electrons. The molecule has 0 spiro atoms. The number of hydrogen-bond acceptors (Lipinski definition) is 5. The molecule has 1 N–H and O–H groups in total. The highest BCUT2D eigenvalue weighted by atomic mass is 35.5. The number of carbonyl (C=O) groups is 1. The third-order valence-corrected chi connectivity index (χ3v) is 6.67. The van der Waals surface area contributed by atoms with Gasteiger partial charge in [-0.2, -0.15) is 0 Å². The Hall–Kier alpha value is -3.23. The van der Waals surface area contributed by atoms with Crippen LogP contribution in [-0.2, 0) is 16.6 Å². The fourth-order valence-corrected chi connectivity index (χ4v) is 4.47. The van der Waals surface area contributed by atoms with Crippen molar-refractivity contribution in [3.8, 4) is 11.5 Å². The van der Waals surface area contributed by atoms with Crippen LogP contribution >= 0.6 is 11.6 Å². The number of aryl methyl sites for hydroxylation is 2. The molecule has 0 unspecified atom stereocenters. The highest BCUT2D eigenvalue weighted by Crippen LogP contribution is 2.37. The standard InChI is InChI=1S/C25H27ClN2O5S/c1-16-6-7-17(2)21(12-16)27-25(29)20-13-23(32-3)24(33-4)14-22(20)28(34(5,30)31)15-18-8-10-19(26)11-9-18/h6-14H,15H2,1-5H3,(H,27,29). The van der Waals surface area contributed by atoms with E-state index in [-0.39, 0.29) is 17.8 Å². The van der Waals surface area contributed by atoms with Gasteiger partial charge in [-0.1, -0.05) is 35.9 Å². The van der Waals surface area contributed by atoms with Gasteiger partial charge in [0.2, 0.25) is 10.0 Å². The van der Waals surface area contributed by atoms with E-state index in [2.05, 4.69) is 5.32 Å². The van der Waals surface area contributed by atoms with Crippen molar-refractivity contribution in [1.29, 1.82) is 0 Å². The van der Waals surface area contributed by atoms with Crippen LogP contribution in [0.4, 0.5) is 11.4 Å². The molecule has 0 radical (unpaired) electrons. The van der Waals surface area contributed by atoms with E-state index in [0.29, 0.717) is 27.8 Å². The van der Waals surface area contributed by atoms with Gasteiger partial charge >= 0.3 is 0 Å². The molecule has 0 aliphatic carbocycles. The van der Waals surface area contributed by atoms with Crippen LogP contribution in [0.1, 0.15) is 27.0 Å². The Kier molecular flexibility index (Phi) is 7.74. The molecule has 0 aliphatic heterocycles. The number of carbonyl (C=O) groups excluding carboxylic acids is 1. The number of methoxy groups -OCH3 is 2. The van der Waals surface area contributed by atoms with E-state index in [1.54, 1.807) is 24.3 Å². The van der Waals surface area contributed by atoms with Gasteiger partial charge in [-0.3, -0.25) is 9.10 Å². The number of halogens is 1. The fourth-order valence-electron chi connectivity index (χ4n) is 3.45. The lowest BCUT2D eigenvalue weighted by Crippen LogP contribution is -2.31. The Morgan fingerprint density at radius 3 is 2.18 bits per heavy atom. The van der Waals surface area contributed by atoms with Gasteiger partial charge in [0.1, 0.15) is 0 Å². The van der Waals surface area contributed by atoms with E-state index in [0.717, 1.165) is 21.7 Å². The van der Waals surface area contributed by atoms with Gasteiger partial charge in [0.05, 0.1) is 38.3 Å². The highest BCUT2D eigenvalue weighted by Gasteiger charge is 2.27. The molecule has 0 saturated heterocycles. The number of benzene rings is 3. The van der Waals surface area contributed by atoms with Crippen molar-refractivity contribution < 1.29 is 22.7 Å². The Labute approximate surface area is 205 Å². The maximum absolute atomic E-state index is 13.4. The summed E-state index contributed by atoms with van der Waals surface area (Å²) >= 11 is 5.98. The van der Waals surface area contributed by atoms with Gasteiger partial charge in [-0.25, -0.2) is 8.42 Å². The van der Waals surface area contributed by atoms with Crippen molar-refractivity contribution in [2.45, 2.75) is 20.4 Å². The number of sulfonamides is 1. The number of amides is 1. The van der Waals surface area contributed by atoms with E-state index in [1.165, 1.54) is 26.4 Å². The van der Waals surface area contributed by atoms with Gasteiger partial charge in [0.15, 0.2) is 11.5 Å². The molecule has 0 saturated carbocycles. The number of hydrogen-bond donors (Lipinski definition) is 1. The Morgan fingerprint density at radius 1 is 0.971 bits per heavy atom. The third-order valence-electron chi connectivity index (χ3n) is 5.30. The molecule has 7 nitrogen and oxygen atoms in total. The highest BCUT2D eigenvalue weighted by molar-refractivity contribution is 7.92. The molecule has 34 heavy (non-hydrogen) atoms. The average molecular weight is 503 g/mol.